The van der Waals surface area contributed by atoms with Crippen LogP contribution in [-0.2, 0) is 36.2 Å². The summed E-state index contributed by atoms with van der Waals surface area (Å²) in [5.41, 5.74) is 1.27. The second-order valence-corrected chi connectivity index (χ2v) is 10.6. The summed E-state index contributed by atoms with van der Waals surface area (Å²) in [5, 5.41) is 14.1. The maximum Gasteiger partial charge on any atom is 0.589 e. The van der Waals surface area contributed by atoms with Crippen molar-refractivity contribution in [2.75, 3.05) is 19.1 Å². The first-order valence-electron chi connectivity index (χ1n) is 9.82. The first-order valence-corrected chi connectivity index (χ1v) is 12.2. The zero-order valence-electron chi connectivity index (χ0n) is 18.1. The van der Waals surface area contributed by atoms with Gasteiger partial charge in [0.25, 0.3) is 0 Å². The van der Waals surface area contributed by atoms with E-state index in [2.05, 4.69) is 15.1 Å². The van der Waals surface area contributed by atoms with Gasteiger partial charge in [-0.2, -0.15) is 10.4 Å². The molecule has 4 heterocycles. The molecule has 14 nitrogen and oxygen atoms in total. The number of alkyl halides is 1. The topological polar surface area (TPSA) is 175 Å². The van der Waals surface area contributed by atoms with E-state index in [1.807, 2.05) is 6.07 Å². The van der Waals surface area contributed by atoms with Crippen LogP contribution in [0, 0.1) is 11.3 Å². The molecule has 0 radical (unpaired) electrons. The van der Waals surface area contributed by atoms with Crippen molar-refractivity contribution >= 4 is 48.8 Å². The largest absolute Gasteiger partial charge is 0.589 e. The van der Waals surface area contributed by atoms with Crippen molar-refractivity contribution in [1.82, 2.24) is 19.6 Å². The second-order valence-electron chi connectivity index (χ2n) is 7.69. The molecule has 0 aliphatic carbocycles. The summed E-state index contributed by atoms with van der Waals surface area (Å²) in [4.78, 5) is 19.5. The number of nitrogens with two attached hydrogens (primary N) is 1. The average Bonchev–Trinajstić information content (AvgIpc) is 3.31. The molecule has 0 amide bonds. The first-order chi connectivity index (χ1) is 16.1. The van der Waals surface area contributed by atoms with Crippen molar-refractivity contribution in [1.29, 1.82) is 5.26 Å². The van der Waals surface area contributed by atoms with E-state index in [0.29, 0.717) is 0 Å². The molecule has 0 bridgehead atoms. The number of ether oxygens (including phenoxy) is 3. The minimum Gasteiger partial charge on any atom is -0.432 e. The minimum atomic E-state index is -3.65. The smallest absolute Gasteiger partial charge is 0.432 e. The molecular formula is C17H20FIN6O8P+. The summed E-state index contributed by atoms with van der Waals surface area (Å²) in [5.74, 6) is 0.0394. The Bertz CT molecular complexity index is 1130. The standard InChI is InChI=1S/C17H20FIN6O8P/c1-9(2)30-15(26)27-8-29-34(33-19)28-5-10-12(32-34)16(3,18)17(6-20,31-10)11-4-22-14-13(21)23-7-24-25(11)14/h4,7,9-10,12H,5,8H2,1-3H3,(H2,21,23,24)/q+1/t10-,12-,16-,17+,34?/m1/s1. The highest BCUT2D eigenvalue weighted by atomic mass is 127. The van der Waals surface area contributed by atoms with E-state index in [9.17, 15) is 10.1 Å². The molecule has 0 saturated carbocycles. The molecule has 2 aromatic heterocycles. The van der Waals surface area contributed by atoms with Gasteiger partial charge in [-0.15, -0.1) is 13.6 Å². The summed E-state index contributed by atoms with van der Waals surface area (Å²) in [6.45, 7) is 3.55. The van der Waals surface area contributed by atoms with Crippen LogP contribution in [0.1, 0.15) is 26.5 Å². The van der Waals surface area contributed by atoms with Gasteiger partial charge in [-0.05, 0) is 20.8 Å². The number of halogens is 2. The highest BCUT2D eigenvalue weighted by Crippen LogP contribution is 2.71. The lowest BCUT2D eigenvalue weighted by Crippen LogP contribution is -2.51. The van der Waals surface area contributed by atoms with E-state index >= 15 is 4.39 Å². The third-order valence-electron chi connectivity index (χ3n) is 5.18. The number of carbonyl (C=O) groups excluding carboxylic acids is 1. The maximum atomic E-state index is 16.5. The summed E-state index contributed by atoms with van der Waals surface area (Å²) in [6.07, 6.45) is -1.38. The number of aromatic nitrogens is 4. The summed E-state index contributed by atoms with van der Waals surface area (Å²) < 4.78 is 55.2. The molecule has 0 aromatic carbocycles. The van der Waals surface area contributed by atoms with Gasteiger partial charge in [0.05, 0.1) is 12.3 Å². The Morgan fingerprint density at radius 2 is 2.29 bits per heavy atom. The van der Waals surface area contributed by atoms with Crippen LogP contribution in [0.5, 0.6) is 0 Å². The fraction of sp³-hybridized carbons (Fsp3) is 0.588. The van der Waals surface area contributed by atoms with Crippen molar-refractivity contribution in [2.45, 2.75) is 50.4 Å². The lowest BCUT2D eigenvalue weighted by Gasteiger charge is -2.32. The Morgan fingerprint density at radius 1 is 1.53 bits per heavy atom. The van der Waals surface area contributed by atoms with Crippen molar-refractivity contribution in [3.8, 4) is 6.07 Å². The number of carbonyl (C=O) groups is 1. The van der Waals surface area contributed by atoms with Gasteiger partial charge in [-0.25, -0.2) is 23.7 Å². The van der Waals surface area contributed by atoms with E-state index in [1.165, 1.54) is 33.7 Å². The zero-order valence-corrected chi connectivity index (χ0v) is 21.1. The molecule has 2 N–H and O–H groups in total. The van der Waals surface area contributed by atoms with Crippen molar-refractivity contribution in [3.63, 3.8) is 0 Å². The number of nitrogens with zero attached hydrogens (tertiary/aromatic N) is 5. The van der Waals surface area contributed by atoms with Crippen LogP contribution in [0.15, 0.2) is 12.5 Å². The van der Waals surface area contributed by atoms with E-state index in [-0.39, 0.29) is 23.8 Å². The van der Waals surface area contributed by atoms with Gasteiger partial charge in [0.15, 0.2) is 46.2 Å². The second kappa shape index (κ2) is 9.22. The third kappa shape index (κ3) is 4.04. The molecule has 17 heteroatoms. The summed E-state index contributed by atoms with van der Waals surface area (Å²) in [7, 11) is -3.65. The quantitative estimate of drug-likeness (QED) is 0.218. The van der Waals surface area contributed by atoms with E-state index in [1.54, 1.807) is 13.8 Å². The highest BCUT2D eigenvalue weighted by Gasteiger charge is 2.75. The predicted octanol–water partition coefficient (Wildman–Crippen LogP) is 2.55. The molecular weight excluding hydrogens is 593 g/mol. The molecule has 2 aromatic rings. The van der Waals surface area contributed by atoms with Crippen molar-refractivity contribution in [3.05, 3.63) is 18.2 Å². The van der Waals surface area contributed by atoms with Crippen LogP contribution < -0.4 is 5.73 Å². The Hall–Kier alpha value is -2.00. The van der Waals surface area contributed by atoms with Gasteiger partial charge < -0.3 is 19.9 Å². The monoisotopic (exact) mass is 613 g/mol. The van der Waals surface area contributed by atoms with Crippen LogP contribution in [0.3, 0.4) is 0 Å². The Morgan fingerprint density at radius 3 is 2.97 bits per heavy atom. The number of rotatable bonds is 6. The molecule has 5 atom stereocenters. The average molecular weight is 613 g/mol. The number of fused-ring (bicyclic) bond motifs is 2. The van der Waals surface area contributed by atoms with Gasteiger partial charge in [0.2, 0.25) is 12.4 Å². The Kier molecular flexibility index (Phi) is 6.81. The lowest BCUT2D eigenvalue weighted by molar-refractivity contribution is -0.0931. The fourth-order valence-electron chi connectivity index (χ4n) is 3.64. The number of hydrogen-bond acceptors (Lipinski definition) is 13. The van der Waals surface area contributed by atoms with Crippen LogP contribution in [0.25, 0.3) is 5.65 Å². The normalized spacial score (nSPS) is 33.0. The molecule has 2 aliphatic rings. The molecule has 2 fully saturated rings. The number of nitriles is 1. The highest BCUT2D eigenvalue weighted by molar-refractivity contribution is 14.1. The number of nitrogen functional groups attached to an aromatic ring is 1. The van der Waals surface area contributed by atoms with Gasteiger partial charge in [-0.3, -0.25) is 0 Å². The number of imidazole rings is 1. The van der Waals surface area contributed by atoms with Gasteiger partial charge in [-0.1, -0.05) is 2.85 Å². The van der Waals surface area contributed by atoms with Crippen molar-refractivity contribution in [2.24, 2.45) is 0 Å². The molecule has 2 saturated heterocycles. The number of hydrogen-bond donors (Lipinski definition) is 1. The Labute approximate surface area is 207 Å². The SMILES string of the molecule is CC(C)OC(=O)OCO[P+]1(OI)OC[C@H]2O[C@@](C#N)(c3cnc4c(N)ncnn34)[C@](C)(F)[C@@H]2O1. The van der Waals surface area contributed by atoms with Crippen LogP contribution in [-0.4, -0.2) is 63.1 Å². The zero-order chi connectivity index (χ0) is 24.7. The molecule has 34 heavy (non-hydrogen) atoms. The van der Waals surface area contributed by atoms with Gasteiger partial charge >= 0.3 is 14.3 Å². The first kappa shape index (κ1) is 25.1. The molecule has 1 unspecified atom stereocenters. The van der Waals surface area contributed by atoms with E-state index < -0.39 is 50.7 Å². The van der Waals surface area contributed by atoms with Gasteiger partial charge in [0, 0.05) is 0 Å². The van der Waals surface area contributed by atoms with Crippen LogP contribution in [0.4, 0.5) is 15.0 Å². The Balaban J connectivity index is 1.60. The molecule has 184 valence electrons. The van der Waals surface area contributed by atoms with Crippen LogP contribution >= 0.6 is 31.2 Å². The fourth-order valence-corrected chi connectivity index (χ4v) is 6.04. The molecule has 2 aliphatic heterocycles. The molecule has 0 spiro atoms. The van der Waals surface area contributed by atoms with E-state index in [4.69, 9.17) is 36.4 Å². The summed E-state index contributed by atoms with van der Waals surface area (Å²) >= 11 is 1.48. The number of anilines is 1. The minimum absolute atomic E-state index is 0.0119. The third-order valence-corrected chi connectivity index (χ3v) is 8.17. The maximum absolute atomic E-state index is 16.5. The summed E-state index contributed by atoms with van der Waals surface area (Å²) in [6, 6.07) is 1.91. The van der Waals surface area contributed by atoms with Crippen LogP contribution in [0.2, 0.25) is 0 Å². The molecule has 4 rings (SSSR count). The van der Waals surface area contributed by atoms with Crippen molar-refractivity contribution < 1.29 is 39.8 Å². The lowest BCUT2D eigenvalue weighted by atomic mass is 9.82. The van der Waals surface area contributed by atoms with E-state index in [0.717, 1.165) is 13.3 Å². The van der Waals surface area contributed by atoms with Gasteiger partial charge in [0.1, 0.15) is 30.8 Å². The predicted molar refractivity (Wildman–Crippen MR) is 118 cm³/mol.